The molecule has 0 bridgehead atoms. The molecule has 0 aliphatic carbocycles. The number of hydrogen-bond donors (Lipinski definition) is 0. The van der Waals surface area contributed by atoms with E-state index >= 15 is 0 Å². The van der Waals surface area contributed by atoms with Crippen LogP contribution in [-0.2, 0) is 0 Å². The number of likely N-dealkylation sites (N-methyl/N-ethyl adjacent to an activating group) is 1. The molecule has 0 spiro atoms. The minimum Gasteiger partial charge on any atom is -0.492 e. The fourth-order valence-corrected chi connectivity index (χ4v) is 2.48. The molecule has 3 aromatic rings. The number of benzene rings is 1. The van der Waals surface area contributed by atoms with Crippen molar-refractivity contribution in [3.63, 3.8) is 0 Å². The molecule has 0 N–H and O–H groups in total. The summed E-state index contributed by atoms with van der Waals surface area (Å²) in [5, 5.41) is 0. The zero-order valence-electron chi connectivity index (χ0n) is 15.9. The highest BCUT2D eigenvalue weighted by atomic mass is 16.5. The van der Waals surface area contributed by atoms with E-state index in [2.05, 4.69) is 26.7 Å². The van der Waals surface area contributed by atoms with Crippen molar-refractivity contribution < 1.29 is 4.74 Å². The Balaban J connectivity index is 1.72. The average Bonchev–Trinajstić information content (AvgIpc) is 2.67. The van der Waals surface area contributed by atoms with Gasteiger partial charge in [-0.2, -0.15) is 0 Å². The monoisotopic (exact) mass is 357 g/mol. The number of pyridine rings is 2. The molecule has 0 aliphatic rings. The van der Waals surface area contributed by atoms with E-state index in [0.717, 1.165) is 40.5 Å². The summed E-state index contributed by atoms with van der Waals surface area (Å²) in [5.74, 6) is 7.14. The number of aryl methyl sites for hydroxylation is 1. The van der Waals surface area contributed by atoms with E-state index < -0.39 is 0 Å². The fraction of sp³-hybridized carbons (Fsp3) is 0.217. The lowest BCUT2D eigenvalue weighted by molar-refractivity contribution is 0.261. The van der Waals surface area contributed by atoms with Crippen molar-refractivity contribution in [2.45, 2.75) is 6.92 Å². The maximum Gasteiger partial charge on any atom is 0.119 e. The van der Waals surface area contributed by atoms with Crippen LogP contribution in [0.25, 0.3) is 11.3 Å². The quantitative estimate of drug-likeness (QED) is 0.651. The van der Waals surface area contributed by atoms with Crippen LogP contribution in [-0.4, -0.2) is 42.1 Å². The van der Waals surface area contributed by atoms with Crippen molar-refractivity contribution in [2.24, 2.45) is 0 Å². The molecule has 0 radical (unpaired) electrons. The third kappa shape index (κ3) is 5.67. The minimum atomic E-state index is 0.669. The van der Waals surface area contributed by atoms with Gasteiger partial charge in [-0.05, 0) is 75.5 Å². The van der Waals surface area contributed by atoms with E-state index in [9.17, 15) is 0 Å². The van der Waals surface area contributed by atoms with Crippen LogP contribution >= 0.6 is 0 Å². The van der Waals surface area contributed by atoms with Gasteiger partial charge in [-0.15, -0.1) is 0 Å². The number of nitrogens with zero attached hydrogens (tertiary/aromatic N) is 3. The van der Waals surface area contributed by atoms with Gasteiger partial charge >= 0.3 is 0 Å². The number of ether oxygens (including phenoxy) is 1. The van der Waals surface area contributed by atoms with Gasteiger partial charge in [0.05, 0.1) is 5.69 Å². The lowest BCUT2D eigenvalue weighted by Gasteiger charge is -2.11. The van der Waals surface area contributed by atoms with E-state index in [0.29, 0.717) is 6.61 Å². The Labute approximate surface area is 160 Å². The molecule has 0 aliphatic heterocycles. The van der Waals surface area contributed by atoms with Crippen molar-refractivity contribution in [2.75, 3.05) is 27.2 Å². The summed E-state index contributed by atoms with van der Waals surface area (Å²) in [7, 11) is 4.06. The van der Waals surface area contributed by atoms with Crippen LogP contribution in [0.5, 0.6) is 5.75 Å². The first-order valence-corrected chi connectivity index (χ1v) is 8.90. The number of hydrogen-bond acceptors (Lipinski definition) is 4. The normalized spacial score (nSPS) is 10.4. The summed E-state index contributed by atoms with van der Waals surface area (Å²) in [5.41, 5.74) is 4.57. The summed E-state index contributed by atoms with van der Waals surface area (Å²) in [6.07, 6.45) is 1.78. The average molecular weight is 357 g/mol. The maximum absolute atomic E-state index is 5.74. The largest absolute Gasteiger partial charge is 0.492 e. The summed E-state index contributed by atoms with van der Waals surface area (Å²) >= 11 is 0. The maximum atomic E-state index is 5.74. The van der Waals surface area contributed by atoms with Gasteiger partial charge < -0.3 is 9.64 Å². The van der Waals surface area contributed by atoms with Crippen LogP contribution in [0.4, 0.5) is 0 Å². The van der Waals surface area contributed by atoms with Crippen LogP contribution in [0.3, 0.4) is 0 Å². The molecule has 4 nitrogen and oxygen atoms in total. The van der Waals surface area contributed by atoms with Crippen molar-refractivity contribution >= 4 is 0 Å². The van der Waals surface area contributed by atoms with E-state index in [-0.39, 0.29) is 0 Å². The van der Waals surface area contributed by atoms with Gasteiger partial charge in [-0.25, -0.2) is 4.98 Å². The van der Waals surface area contributed by atoms with Gasteiger partial charge in [-0.1, -0.05) is 12.0 Å². The van der Waals surface area contributed by atoms with Crippen LogP contribution in [0.2, 0.25) is 0 Å². The Morgan fingerprint density at radius 1 is 1.00 bits per heavy atom. The molecule has 0 atom stereocenters. The second-order valence-electron chi connectivity index (χ2n) is 6.52. The molecule has 0 fully saturated rings. The second-order valence-corrected chi connectivity index (χ2v) is 6.52. The van der Waals surface area contributed by atoms with Crippen molar-refractivity contribution in [1.82, 2.24) is 14.9 Å². The molecule has 0 saturated heterocycles. The Hall–Kier alpha value is -3.16. The highest BCUT2D eigenvalue weighted by Gasteiger charge is 2.02. The Kier molecular flexibility index (Phi) is 6.19. The summed E-state index contributed by atoms with van der Waals surface area (Å²) in [4.78, 5) is 11.0. The Morgan fingerprint density at radius 2 is 1.81 bits per heavy atom. The number of rotatable bonds is 5. The standard InChI is InChI=1S/C23H23N3O/c1-18-5-4-6-21(25-18)10-7-19-13-14-24-23(17-19)20-8-11-22(12-9-20)27-16-15-26(2)3/h4-6,8-9,11-14,17H,15-16H2,1-3H3. The molecule has 2 heterocycles. The van der Waals surface area contributed by atoms with E-state index in [1.165, 1.54) is 0 Å². The van der Waals surface area contributed by atoms with E-state index in [1.54, 1.807) is 6.20 Å². The zero-order valence-corrected chi connectivity index (χ0v) is 15.9. The molecule has 27 heavy (non-hydrogen) atoms. The SMILES string of the molecule is Cc1cccc(C#Cc2ccnc(-c3ccc(OCCN(C)C)cc3)c2)n1. The summed E-state index contributed by atoms with van der Waals surface area (Å²) in [6.45, 7) is 3.52. The first-order valence-electron chi connectivity index (χ1n) is 8.90. The van der Waals surface area contributed by atoms with Crippen LogP contribution in [0.15, 0.2) is 60.8 Å². The Morgan fingerprint density at radius 3 is 2.56 bits per heavy atom. The van der Waals surface area contributed by atoms with Crippen LogP contribution in [0, 0.1) is 18.8 Å². The summed E-state index contributed by atoms with van der Waals surface area (Å²) in [6, 6.07) is 17.7. The van der Waals surface area contributed by atoms with Gasteiger partial charge in [-0.3, -0.25) is 4.98 Å². The smallest absolute Gasteiger partial charge is 0.119 e. The molecule has 0 amide bonds. The zero-order chi connectivity index (χ0) is 19.1. The van der Waals surface area contributed by atoms with Crippen molar-refractivity contribution in [1.29, 1.82) is 0 Å². The predicted molar refractivity (Wildman–Crippen MR) is 109 cm³/mol. The predicted octanol–water partition coefficient (Wildman–Crippen LogP) is 3.79. The van der Waals surface area contributed by atoms with Crippen LogP contribution in [0.1, 0.15) is 17.0 Å². The molecule has 0 unspecified atom stereocenters. The van der Waals surface area contributed by atoms with E-state index in [1.807, 2.05) is 75.6 Å². The minimum absolute atomic E-state index is 0.669. The Bertz CT molecular complexity index is 953. The van der Waals surface area contributed by atoms with Gasteiger partial charge in [0, 0.05) is 29.6 Å². The molecule has 136 valence electrons. The fourth-order valence-electron chi connectivity index (χ4n) is 2.48. The van der Waals surface area contributed by atoms with Gasteiger partial charge in [0.2, 0.25) is 0 Å². The highest BCUT2D eigenvalue weighted by molar-refractivity contribution is 5.62. The highest BCUT2D eigenvalue weighted by Crippen LogP contribution is 2.21. The van der Waals surface area contributed by atoms with Gasteiger partial charge in [0.15, 0.2) is 0 Å². The molecule has 4 heteroatoms. The third-order valence-electron chi connectivity index (χ3n) is 3.94. The van der Waals surface area contributed by atoms with Gasteiger partial charge in [0.1, 0.15) is 18.1 Å². The molecular formula is C23H23N3O. The molecule has 1 aromatic carbocycles. The van der Waals surface area contributed by atoms with Crippen molar-refractivity contribution in [3.8, 4) is 28.8 Å². The van der Waals surface area contributed by atoms with E-state index in [4.69, 9.17) is 4.74 Å². The second kappa shape index (κ2) is 8.98. The lowest BCUT2D eigenvalue weighted by atomic mass is 10.1. The lowest BCUT2D eigenvalue weighted by Crippen LogP contribution is -2.19. The first kappa shape index (κ1) is 18.6. The molecule has 2 aromatic heterocycles. The topological polar surface area (TPSA) is 38.2 Å². The summed E-state index contributed by atoms with van der Waals surface area (Å²) < 4.78 is 5.74. The number of aromatic nitrogens is 2. The first-order chi connectivity index (χ1) is 13.1. The van der Waals surface area contributed by atoms with Gasteiger partial charge in [0.25, 0.3) is 0 Å². The molecule has 0 saturated carbocycles. The molecule has 3 rings (SSSR count). The third-order valence-corrected chi connectivity index (χ3v) is 3.94. The van der Waals surface area contributed by atoms with Crippen molar-refractivity contribution in [3.05, 3.63) is 77.7 Å². The molecular weight excluding hydrogens is 334 g/mol. The van der Waals surface area contributed by atoms with Crippen LogP contribution < -0.4 is 4.74 Å².